The van der Waals surface area contributed by atoms with E-state index in [-0.39, 0.29) is 12.1 Å². The molecule has 2 aromatic carbocycles. The van der Waals surface area contributed by atoms with Crippen molar-refractivity contribution < 1.29 is 32.3 Å². The standard InChI is InChI=1S/C20H17ClF3N3O4/c1-19(13-5-7-15(8-6-13)31-20(22,23)24)17(29)27(18(30)26-19)11-16(28)25-10-12-3-2-4-14(21)9-12/h2-9H,10-11H2,1H3,(H,25,28)(H,26,30). The number of carbonyl (C=O) groups excluding carboxylic acids is 3. The Kier molecular flexibility index (Phi) is 6.12. The molecule has 31 heavy (non-hydrogen) atoms. The number of hydrogen-bond acceptors (Lipinski definition) is 4. The molecule has 164 valence electrons. The van der Waals surface area contributed by atoms with Crippen LogP contribution in [0.5, 0.6) is 5.75 Å². The number of halogens is 4. The summed E-state index contributed by atoms with van der Waals surface area (Å²) >= 11 is 5.88. The highest BCUT2D eigenvalue weighted by Crippen LogP contribution is 2.31. The van der Waals surface area contributed by atoms with Gasteiger partial charge in [-0.15, -0.1) is 13.2 Å². The van der Waals surface area contributed by atoms with Crippen LogP contribution < -0.4 is 15.4 Å². The zero-order valence-corrected chi connectivity index (χ0v) is 16.9. The van der Waals surface area contributed by atoms with E-state index in [4.69, 9.17) is 11.6 Å². The number of alkyl halides is 3. The molecule has 0 saturated carbocycles. The fourth-order valence-electron chi connectivity index (χ4n) is 3.07. The van der Waals surface area contributed by atoms with E-state index in [1.54, 1.807) is 24.3 Å². The van der Waals surface area contributed by atoms with E-state index >= 15 is 0 Å². The summed E-state index contributed by atoms with van der Waals surface area (Å²) in [6, 6.07) is 10.6. The van der Waals surface area contributed by atoms with Gasteiger partial charge in [-0.05, 0) is 42.3 Å². The van der Waals surface area contributed by atoms with Gasteiger partial charge in [-0.1, -0.05) is 35.9 Å². The number of hydrogen-bond donors (Lipinski definition) is 2. The molecule has 0 radical (unpaired) electrons. The van der Waals surface area contributed by atoms with Crippen molar-refractivity contribution in [3.05, 3.63) is 64.7 Å². The summed E-state index contributed by atoms with van der Waals surface area (Å²) < 4.78 is 40.7. The van der Waals surface area contributed by atoms with Gasteiger partial charge in [-0.3, -0.25) is 14.5 Å². The topological polar surface area (TPSA) is 87.7 Å². The highest BCUT2D eigenvalue weighted by molar-refractivity contribution is 6.30. The van der Waals surface area contributed by atoms with Crippen LogP contribution in [0.2, 0.25) is 5.02 Å². The lowest BCUT2D eigenvalue weighted by atomic mass is 9.92. The minimum absolute atomic E-state index is 0.154. The average Bonchev–Trinajstić information content (AvgIpc) is 2.90. The molecule has 0 aliphatic carbocycles. The van der Waals surface area contributed by atoms with E-state index in [1.165, 1.54) is 19.1 Å². The quantitative estimate of drug-likeness (QED) is 0.654. The molecule has 1 fully saturated rings. The lowest BCUT2D eigenvalue weighted by molar-refractivity contribution is -0.274. The molecule has 2 aromatic rings. The van der Waals surface area contributed by atoms with Gasteiger partial charge in [-0.2, -0.15) is 0 Å². The Morgan fingerprint density at radius 1 is 1.19 bits per heavy atom. The fraction of sp³-hybridized carbons (Fsp3) is 0.250. The number of imide groups is 1. The Morgan fingerprint density at radius 2 is 1.87 bits per heavy atom. The Bertz CT molecular complexity index is 1010. The summed E-state index contributed by atoms with van der Waals surface area (Å²) in [6.45, 7) is 1.04. The van der Waals surface area contributed by atoms with Crippen LogP contribution in [0.1, 0.15) is 18.1 Å². The van der Waals surface area contributed by atoms with Gasteiger partial charge in [0.1, 0.15) is 17.8 Å². The van der Waals surface area contributed by atoms with E-state index in [2.05, 4.69) is 15.4 Å². The summed E-state index contributed by atoms with van der Waals surface area (Å²) in [6.07, 6.45) is -4.85. The first kappa shape index (κ1) is 22.4. The summed E-state index contributed by atoms with van der Waals surface area (Å²) in [5.74, 6) is -1.74. The van der Waals surface area contributed by atoms with Gasteiger partial charge in [0.05, 0.1) is 0 Å². The Labute approximate surface area is 180 Å². The second-order valence-electron chi connectivity index (χ2n) is 6.93. The number of nitrogens with zero attached hydrogens (tertiary/aromatic N) is 1. The minimum atomic E-state index is -4.85. The van der Waals surface area contributed by atoms with Crippen LogP contribution in [0.25, 0.3) is 0 Å². The van der Waals surface area contributed by atoms with Crippen LogP contribution in [0.15, 0.2) is 48.5 Å². The van der Waals surface area contributed by atoms with E-state index in [9.17, 15) is 27.6 Å². The molecule has 11 heteroatoms. The van der Waals surface area contributed by atoms with Gasteiger partial charge < -0.3 is 15.4 Å². The van der Waals surface area contributed by atoms with Crippen LogP contribution in [-0.4, -0.2) is 35.7 Å². The summed E-state index contributed by atoms with van der Waals surface area (Å²) in [5.41, 5.74) is -0.563. The summed E-state index contributed by atoms with van der Waals surface area (Å²) in [4.78, 5) is 38.1. The lowest BCUT2D eigenvalue weighted by Crippen LogP contribution is -2.43. The first-order valence-electron chi connectivity index (χ1n) is 8.99. The molecular weight excluding hydrogens is 439 g/mol. The van der Waals surface area contributed by atoms with Crippen LogP contribution in [0.3, 0.4) is 0 Å². The van der Waals surface area contributed by atoms with E-state index in [1.807, 2.05) is 0 Å². The molecule has 1 unspecified atom stereocenters. The van der Waals surface area contributed by atoms with Crippen molar-refractivity contribution in [3.63, 3.8) is 0 Å². The SMILES string of the molecule is CC1(c2ccc(OC(F)(F)F)cc2)NC(=O)N(CC(=O)NCc2cccc(Cl)c2)C1=O. The number of ether oxygens (including phenoxy) is 1. The maximum Gasteiger partial charge on any atom is 0.573 e. The highest BCUT2D eigenvalue weighted by atomic mass is 35.5. The smallest absolute Gasteiger partial charge is 0.406 e. The molecule has 1 aliphatic rings. The molecule has 0 spiro atoms. The molecule has 1 saturated heterocycles. The zero-order chi connectivity index (χ0) is 22.8. The predicted molar refractivity (Wildman–Crippen MR) is 104 cm³/mol. The van der Waals surface area contributed by atoms with E-state index in [0.29, 0.717) is 5.02 Å². The van der Waals surface area contributed by atoms with E-state index < -0.39 is 42.0 Å². The van der Waals surface area contributed by atoms with Crippen molar-refractivity contribution in [2.45, 2.75) is 25.4 Å². The molecule has 0 bridgehead atoms. The summed E-state index contributed by atoms with van der Waals surface area (Å²) in [7, 11) is 0. The normalized spacial score (nSPS) is 18.7. The van der Waals surface area contributed by atoms with Gasteiger partial charge in [0.25, 0.3) is 5.91 Å². The number of amides is 4. The third kappa shape index (κ3) is 5.26. The van der Waals surface area contributed by atoms with Crippen molar-refractivity contribution in [3.8, 4) is 5.75 Å². The van der Waals surface area contributed by atoms with Gasteiger partial charge >= 0.3 is 12.4 Å². The third-order valence-corrected chi connectivity index (χ3v) is 4.86. The van der Waals surface area contributed by atoms with Crippen LogP contribution in [0.4, 0.5) is 18.0 Å². The van der Waals surface area contributed by atoms with E-state index in [0.717, 1.165) is 22.6 Å². The third-order valence-electron chi connectivity index (χ3n) is 4.62. The number of benzene rings is 2. The van der Waals surface area contributed by atoms with Crippen LogP contribution in [-0.2, 0) is 21.7 Å². The largest absolute Gasteiger partial charge is 0.573 e. The number of carbonyl (C=O) groups is 3. The predicted octanol–water partition coefficient (Wildman–Crippen LogP) is 3.32. The number of urea groups is 1. The Balaban J connectivity index is 1.66. The maximum atomic E-state index is 12.8. The maximum absolute atomic E-state index is 12.8. The minimum Gasteiger partial charge on any atom is -0.406 e. The fourth-order valence-corrected chi connectivity index (χ4v) is 3.29. The first-order valence-corrected chi connectivity index (χ1v) is 9.37. The number of nitrogens with one attached hydrogen (secondary N) is 2. The summed E-state index contributed by atoms with van der Waals surface area (Å²) in [5, 5.41) is 5.58. The van der Waals surface area contributed by atoms with Crippen molar-refractivity contribution in [2.75, 3.05) is 6.54 Å². The second-order valence-corrected chi connectivity index (χ2v) is 7.36. The van der Waals surface area contributed by atoms with Crippen molar-refractivity contribution in [1.82, 2.24) is 15.5 Å². The molecule has 1 atom stereocenters. The average molecular weight is 456 g/mol. The first-order chi connectivity index (χ1) is 14.5. The number of rotatable bonds is 6. The van der Waals surface area contributed by atoms with Gasteiger partial charge in [-0.25, -0.2) is 4.79 Å². The van der Waals surface area contributed by atoms with Gasteiger partial charge in [0.2, 0.25) is 5.91 Å². The van der Waals surface area contributed by atoms with Gasteiger partial charge in [0.15, 0.2) is 0 Å². The molecule has 3 rings (SSSR count). The molecule has 1 aliphatic heterocycles. The molecule has 0 aromatic heterocycles. The molecule has 4 amide bonds. The lowest BCUT2D eigenvalue weighted by Gasteiger charge is -2.22. The molecular formula is C20H17ClF3N3O4. The van der Waals surface area contributed by atoms with Gasteiger partial charge in [0, 0.05) is 11.6 Å². The van der Waals surface area contributed by atoms with Crippen LogP contribution >= 0.6 is 11.6 Å². The van der Waals surface area contributed by atoms with Crippen molar-refractivity contribution in [2.24, 2.45) is 0 Å². The Morgan fingerprint density at radius 3 is 2.48 bits per heavy atom. The molecule has 2 N–H and O–H groups in total. The zero-order valence-electron chi connectivity index (χ0n) is 16.1. The van der Waals surface area contributed by atoms with Crippen molar-refractivity contribution in [1.29, 1.82) is 0 Å². The Hall–Kier alpha value is -3.27. The monoisotopic (exact) mass is 455 g/mol. The molecule has 7 nitrogen and oxygen atoms in total. The second kappa shape index (κ2) is 8.46. The molecule has 1 heterocycles. The van der Waals surface area contributed by atoms with Crippen molar-refractivity contribution >= 4 is 29.4 Å². The van der Waals surface area contributed by atoms with Crippen LogP contribution in [0, 0.1) is 0 Å². The highest BCUT2D eigenvalue weighted by Gasteiger charge is 2.49.